The zero-order valence-corrected chi connectivity index (χ0v) is 11.7. The summed E-state index contributed by atoms with van der Waals surface area (Å²) < 4.78 is 37.4. The molecule has 1 saturated carbocycles. The number of benzene rings is 1. The van der Waals surface area contributed by atoms with Crippen molar-refractivity contribution in [3.8, 4) is 0 Å². The van der Waals surface area contributed by atoms with Gasteiger partial charge in [0.1, 0.15) is 5.60 Å². The maximum Gasteiger partial charge on any atom is 0.416 e. The molecule has 6 heteroatoms. The van der Waals surface area contributed by atoms with Crippen molar-refractivity contribution in [1.29, 1.82) is 0 Å². The van der Waals surface area contributed by atoms with Crippen LogP contribution in [0.15, 0.2) is 24.3 Å². The van der Waals surface area contributed by atoms with E-state index in [9.17, 15) is 23.1 Å². The molecule has 1 aliphatic rings. The summed E-state index contributed by atoms with van der Waals surface area (Å²) in [5, 5.41) is 12.8. The van der Waals surface area contributed by atoms with E-state index < -0.39 is 29.3 Å². The fraction of sp³-hybridized carbons (Fsp3) is 0.533. The van der Waals surface area contributed by atoms with Crippen molar-refractivity contribution in [3.63, 3.8) is 0 Å². The van der Waals surface area contributed by atoms with E-state index in [4.69, 9.17) is 0 Å². The van der Waals surface area contributed by atoms with Crippen LogP contribution in [0, 0.1) is 0 Å². The van der Waals surface area contributed by atoms with Gasteiger partial charge in [-0.2, -0.15) is 13.2 Å². The lowest BCUT2D eigenvalue weighted by atomic mass is 9.99. The Kier molecular flexibility index (Phi) is 4.27. The molecule has 116 valence electrons. The van der Waals surface area contributed by atoms with Crippen molar-refractivity contribution in [2.75, 3.05) is 0 Å². The van der Waals surface area contributed by atoms with Crippen molar-refractivity contribution in [2.45, 2.75) is 50.4 Å². The highest BCUT2D eigenvalue weighted by molar-refractivity contribution is 5.85. The van der Waals surface area contributed by atoms with Gasteiger partial charge < -0.3 is 10.4 Å². The standard InChI is InChI=1S/C15H18F3NO2/c1-10(19-13(20)14(21)8-2-3-9-14)11-4-6-12(7-5-11)15(16,17)18/h4-7,10,21H,2-3,8-9H2,1H3,(H,19,20). The average Bonchev–Trinajstić information content (AvgIpc) is 2.86. The Hall–Kier alpha value is -1.56. The molecule has 1 fully saturated rings. The van der Waals surface area contributed by atoms with E-state index in [-0.39, 0.29) is 0 Å². The SMILES string of the molecule is CC(NC(=O)C1(O)CCCC1)c1ccc(C(F)(F)F)cc1. The van der Waals surface area contributed by atoms with Crippen LogP contribution in [-0.2, 0) is 11.0 Å². The van der Waals surface area contributed by atoms with Crippen LogP contribution in [-0.4, -0.2) is 16.6 Å². The molecule has 0 heterocycles. The Balaban J connectivity index is 2.03. The smallest absolute Gasteiger partial charge is 0.380 e. The number of hydrogen-bond donors (Lipinski definition) is 2. The van der Waals surface area contributed by atoms with Gasteiger partial charge in [0, 0.05) is 0 Å². The van der Waals surface area contributed by atoms with E-state index in [1.54, 1.807) is 6.92 Å². The summed E-state index contributed by atoms with van der Waals surface area (Å²) in [7, 11) is 0. The molecule has 2 N–H and O–H groups in total. The van der Waals surface area contributed by atoms with Gasteiger partial charge in [0.15, 0.2) is 0 Å². The third-order valence-electron chi connectivity index (χ3n) is 3.94. The Morgan fingerprint density at radius 2 is 1.76 bits per heavy atom. The molecule has 0 aromatic heterocycles. The van der Waals surface area contributed by atoms with Gasteiger partial charge in [-0.1, -0.05) is 12.1 Å². The normalized spacial score (nSPS) is 19.3. The molecule has 1 atom stereocenters. The second-order valence-corrected chi connectivity index (χ2v) is 5.55. The fourth-order valence-corrected chi connectivity index (χ4v) is 2.56. The zero-order valence-electron chi connectivity index (χ0n) is 11.7. The molecule has 3 nitrogen and oxygen atoms in total. The van der Waals surface area contributed by atoms with Crippen molar-refractivity contribution in [1.82, 2.24) is 5.32 Å². The Bertz CT molecular complexity index is 505. The lowest BCUT2D eigenvalue weighted by molar-refractivity contribution is -0.140. The summed E-state index contributed by atoms with van der Waals surface area (Å²) in [6, 6.07) is 4.20. The van der Waals surface area contributed by atoms with Crippen LogP contribution < -0.4 is 5.32 Å². The highest BCUT2D eigenvalue weighted by atomic mass is 19.4. The molecule has 0 saturated heterocycles. The molecule has 0 aliphatic heterocycles. The number of halogens is 3. The maximum atomic E-state index is 12.5. The second-order valence-electron chi connectivity index (χ2n) is 5.55. The molecule has 1 aromatic rings. The largest absolute Gasteiger partial charge is 0.416 e. The number of hydrogen-bond acceptors (Lipinski definition) is 2. The molecule has 1 unspecified atom stereocenters. The van der Waals surface area contributed by atoms with Crippen molar-refractivity contribution in [2.24, 2.45) is 0 Å². The molecule has 2 rings (SSSR count). The number of carbonyl (C=O) groups excluding carboxylic acids is 1. The number of aliphatic hydroxyl groups is 1. The fourth-order valence-electron chi connectivity index (χ4n) is 2.56. The first-order valence-electron chi connectivity index (χ1n) is 6.93. The van der Waals surface area contributed by atoms with Crippen LogP contribution in [0.4, 0.5) is 13.2 Å². The topological polar surface area (TPSA) is 49.3 Å². The first-order valence-corrected chi connectivity index (χ1v) is 6.93. The van der Waals surface area contributed by atoms with Gasteiger partial charge in [-0.3, -0.25) is 4.79 Å². The third-order valence-corrected chi connectivity index (χ3v) is 3.94. The predicted octanol–water partition coefficient (Wildman–Crippen LogP) is 3.19. The van der Waals surface area contributed by atoms with Gasteiger partial charge in [0.25, 0.3) is 5.91 Å². The molecule has 1 amide bonds. The van der Waals surface area contributed by atoms with Gasteiger partial charge in [0.05, 0.1) is 11.6 Å². The van der Waals surface area contributed by atoms with E-state index in [0.29, 0.717) is 18.4 Å². The first kappa shape index (κ1) is 15.8. The minimum atomic E-state index is -4.37. The summed E-state index contributed by atoms with van der Waals surface area (Å²) >= 11 is 0. The number of nitrogens with one attached hydrogen (secondary N) is 1. The lowest BCUT2D eigenvalue weighted by Gasteiger charge is -2.24. The molecule has 1 aromatic carbocycles. The molecular weight excluding hydrogens is 283 g/mol. The Morgan fingerprint density at radius 1 is 1.24 bits per heavy atom. The summed E-state index contributed by atoms with van der Waals surface area (Å²) in [6.45, 7) is 1.68. The van der Waals surface area contributed by atoms with E-state index in [0.717, 1.165) is 25.0 Å². The Morgan fingerprint density at radius 3 is 2.24 bits per heavy atom. The molecule has 0 spiro atoms. The van der Waals surface area contributed by atoms with Crippen LogP contribution in [0.25, 0.3) is 0 Å². The van der Waals surface area contributed by atoms with Crippen molar-refractivity contribution in [3.05, 3.63) is 35.4 Å². The van der Waals surface area contributed by atoms with E-state index >= 15 is 0 Å². The molecule has 1 aliphatic carbocycles. The third kappa shape index (κ3) is 3.56. The van der Waals surface area contributed by atoms with Crippen molar-refractivity contribution < 1.29 is 23.1 Å². The summed E-state index contributed by atoms with van der Waals surface area (Å²) in [6.07, 6.45) is -1.90. The molecule has 0 radical (unpaired) electrons. The zero-order chi connectivity index (χ0) is 15.7. The number of rotatable bonds is 3. The first-order chi connectivity index (χ1) is 9.72. The quantitative estimate of drug-likeness (QED) is 0.901. The lowest BCUT2D eigenvalue weighted by Crippen LogP contribution is -2.45. The Labute approximate surface area is 121 Å². The minimum Gasteiger partial charge on any atom is -0.380 e. The van der Waals surface area contributed by atoms with Crippen LogP contribution >= 0.6 is 0 Å². The minimum absolute atomic E-state index is 0.429. The van der Waals surface area contributed by atoms with E-state index in [1.165, 1.54) is 12.1 Å². The average molecular weight is 301 g/mol. The van der Waals surface area contributed by atoms with Gasteiger partial charge in [-0.15, -0.1) is 0 Å². The van der Waals surface area contributed by atoms with Gasteiger partial charge in [-0.05, 0) is 50.3 Å². The van der Waals surface area contributed by atoms with Gasteiger partial charge >= 0.3 is 6.18 Å². The number of alkyl halides is 3. The van der Waals surface area contributed by atoms with E-state index in [2.05, 4.69) is 5.32 Å². The highest BCUT2D eigenvalue weighted by Crippen LogP contribution is 2.31. The van der Waals surface area contributed by atoms with Gasteiger partial charge in [-0.25, -0.2) is 0 Å². The second kappa shape index (κ2) is 5.67. The number of carbonyl (C=O) groups is 1. The summed E-state index contributed by atoms with van der Waals surface area (Å²) in [4.78, 5) is 12.0. The molecular formula is C15H18F3NO2. The predicted molar refractivity (Wildman–Crippen MR) is 71.4 cm³/mol. The summed E-state index contributed by atoms with van der Waals surface area (Å²) in [5.41, 5.74) is -1.49. The van der Waals surface area contributed by atoms with Crippen LogP contribution in [0.3, 0.4) is 0 Å². The number of amides is 1. The van der Waals surface area contributed by atoms with Crippen LogP contribution in [0.5, 0.6) is 0 Å². The van der Waals surface area contributed by atoms with Crippen LogP contribution in [0.2, 0.25) is 0 Å². The van der Waals surface area contributed by atoms with Gasteiger partial charge in [0.2, 0.25) is 0 Å². The molecule has 21 heavy (non-hydrogen) atoms. The molecule has 0 bridgehead atoms. The van der Waals surface area contributed by atoms with Crippen molar-refractivity contribution >= 4 is 5.91 Å². The van der Waals surface area contributed by atoms with E-state index in [1.807, 2.05) is 0 Å². The summed E-state index contributed by atoms with van der Waals surface area (Å²) in [5.74, 6) is -0.451. The van der Waals surface area contributed by atoms with Crippen LogP contribution in [0.1, 0.15) is 49.8 Å². The highest BCUT2D eigenvalue weighted by Gasteiger charge is 2.39. The maximum absolute atomic E-state index is 12.5. The monoisotopic (exact) mass is 301 g/mol.